The van der Waals surface area contributed by atoms with E-state index in [0.29, 0.717) is 41.4 Å². The van der Waals surface area contributed by atoms with E-state index in [4.69, 9.17) is 39.5 Å². The van der Waals surface area contributed by atoms with Gasteiger partial charge in [0.25, 0.3) is 0 Å². The highest BCUT2D eigenvalue weighted by Crippen LogP contribution is 2.27. The lowest BCUT2D eigenvalue weighted by Crippen LogP contribution is -2.31. The summed E-state index contributed by atoms with van der Waals surface area (Å²) in [4.78, 5) is 4.25. The number of hydrogen-bond donors (Lipinski definition) is 1. The van der Waals surface area contributed by atoms with Crippen molar-refractivity contribution < 1.29 is 9.84 Å². The van der Waals surface area contributed by atoms with Gasteiger partial charge in [0.15, 0.2) is 0 Å². The maximum Gasteiger partial charge on any atom is 0.100 e. The molecule has 3 aromatic rings. The van der Waals surface area contributed by atoms with Gasteiger partial charge in [0.2, 0.25) is 0 Å². The fraction of sp³-hybridized carbons (Fsp3) is 0.231. The lowest BCUT2D eigenvalue weighted by molar-refractivity contribution is 0.0179. The van der Waals surface area contributed by atoms with Crippen molar-refractivity contribution >= 4 is 50.7 Å². The number of rotatable bonds is 9. The lowest BCUT2D eigenvalue weighted by atomic mass is 10.1. The van der Waals surface area contributed by atoms with Crippen molar-refractivity contribution in [2.45, 2.75) is 18.8 Å². The monoisotopic (exact) mass is 580 g/mol. The zero-order valence-electron chi connectivity index (χ0n) is 18.3. The largest absolute Gasteiger partial charge is 0.387 e. The van der Waals surface area contributed by atoms with E-state index in [2.05, 4.69) is 25.7 Å². The van der Waals surface area contributed by atoms with Crippen molar-refractivity contribution in [1.29, 1.82) is 0 Å². The Hall–Kier alpha value is -1.73. The van der Waals surface area contributed by atoms with Crippen LogP contribution in [0.25, 0.3) is 0 Å². The molecule has 0 saturated heterocycles. The molecule has 0 radical (unpaired) electrons. The number of aliphatic hydroxyl groups is 1. The first-order valence-electron chi connectivity index (χ1n) is 10.8. The Kier molecular flexibility index (Phi) is 8.81. The Bertz CT molecular complexity index is 1130. The van der Waals surface area contributed by atoms with E-state index in [0.717, 1.165) is 21.2 Å². The van der Waals surface area contributed by atoms with E-state index in [-0.39, 0.29) is 6.10 Å². The molecule has 8 heteroatoms. The molecule has 2 unspecified atom stereocenters. The minimum absolute atomic E-state index is 0.204. The normalized spacial score (nSPS) is 15.1. The molecule has 0 saturated carbocycles. The van der Waals surface area contributed by atoms with E-state index < -0.39 is 6.10 Å². The third-order valence-electron chi connectivity index (χ3n) is 5.61. The number of aliphatic hydroxyl groups excluding tert-OH is 1. The van der Waals surface area contributed by atoms with Crippen molar-refractivity contribution in [3.8, 4) is 0 Å². The summed E-state index contributed by atoms with van der Waals surface area (Å²) in [6.07, 6.45) is 3.24. The van der Waals surface area contributed by atoms with Gasteiger partial charge in [-0.2, -0.15) is 0 Å². The number of benzene rings is 3. The molecule has 1 N–H and O–H groups in total. The van der Waals surface area contributed by atoms with Crippen LogP contribution in [0.5, 0.6) is 0 Å². The topological polar surface area (TPSA) is 35.9 Å². The molecule has 4 rings (SSSR count). The minimum Gasteiger partial charge on any atom is -0.387 e. The molecule has 2 atom stereocenters. The molecule has 0 bridgehead atoms. The average Bonchev–Trinajstić information content (AvgIpc) is 3.25. The van der Waals surface area contributed by atoms with Crippen molar-refractivity contribution in [3.05, 3.63) is 115 Å². The predicted molar refractivity (Wildman–Crippen MR) is 142 cm³/mol. The van der Waals surface area contributed by atoms with Gasteiger partial charge in [-0.1, -0.05) is 81.1 Å². The van der Waals surface area contributed by atoms with Gasteiger partial charge in [0.05, 0.1) is 19.4 Å². The molecule has 0 aromatic heterocycles. The number of ether oxygens (including phenoxy) is 1. The Morgan fingerprint density at radius 2 is 1.44 bits per heavy atom. The van der Waals surface area contributed by atoms with Crippen LogP contribution in [0.2, 0.25) is 15.1 Å². The first kappa shape index (κ1) is 25.4. The maximum atomic E-state index is 10.6. The van der Waals surface area contributed by atoms with E-state index in [1.807, 2.05) is 67.0 Å². The smallest absolute Gasteiger partial charge is 0.100 e. The van der Waals surface area contributed by atoms with Gasteiger partial charge < -0.3 is 19.6 Å². The second-order valence-corrected chi connectivity index (χ2v) is 10.3. The van der Waals surface area contributed by atoms with Crippen LogP contribution < -0.4 is 0 Å². The average molecular weight is 583 g/mol. The second kappa shape index (κ2) is 11.8. The van der Waals surface area contributed by atoms with Crippen molar-refractivity contribution in [2.24, 2.45) is 0 Å². The fourth-order valence-electron chi connectivity index (χ4n) is 3.74. The molecule has 178 valence electrons. The fourth-order valence-corrected chi connectivity index (χ4v) is 4.59. The molecular formula is C26H24BrCl3N2O2. The first-order valence-corrected chi connectivity index (χ1v) is 12.7. The summed E-state index contributed by atoms with van der Waals surface area (Å²) in [7, 11) is 0. The third-order valence-corrected chi connectivity index (χ3v) is 6.98. The molecule has 0 spiro atoms. The van der Waals surface area contributed by atoms with Gasteiger partial charge >= 0.3 is 0 Å². The van der Waals surface area contributed by atoms with Crippen LogP contribution in [0.3, 0.4) is 0 Å². The van der Waals surface area contributed by atoms with E-state index in [1.54, 1.807) is 12.1 Å². The Labute approximate surface area is 223 Å². The molecule has 3 aromatic carbocycles. The molecule has 0 fully saturated rings. The SMILES string of the molecule is OC(CN1C=CN(CC(OCc2ccc(Cl)cc2Cl)c2ccc(Cl)cc2)C1)c1ccc(Br)cc1. The number of hydrogen-bond acceptors (Lipinski definition) is 4. The highest BCUT2D eigenvalue weighted by atomic mass is 79.9. The summed E-state index contributed by atoms with van der Waals surface area (Å²) in [6.45, 7) is 2.14. The third kappa shape index (κ3) is 6.91. The van der Waals surface area contributed by atoms with Gasteiger partial charge in [-0.25, -0.2) is 0 Å². The van der Waals surface area contributed by atoms with Gasteiger partial charge in [0, 0.05) is 45.0 Å². The van der Waals surface area contributed by atoms with Crippen LogP contribution in [0.1, 0.15) is 28.9 Å². The molecule has 1 aliphatic rings. The van der Waals surface area contributed by atoms with E-state index >= 15 is 0 Å². The van der Waals surface area contributed by atoms with Crippen molar-refractivity contribution in [1.82, 2.24) is 9.80 Å². The van der Waals surface area contributed by atoms with Crippen LogP contribution in [-0.4, -0.2) is 34.7 Å². The molecule has 0 aliphatic carbocycles. The van der Waals surface area contributed by atoms with Gasteiger partial charge in [-0.15, -0.1) is 0 Å². The Morgan fingerprint density at radius 3 is 2.12 bits per heavy atom. The van der Waals surface area contributed by atoms with Crippen molar-refractivity contribution in [2.75, 3.05) is 19.8 Å². The first-order chi connectivity index (χ1) is 16.4. The molecule has 1 aliphatic heterocycles. The predicted octanol–water partition coefficient (Wildman–Crippen LogP) is 7.45. The summed E-state index contributed by atoms with van der Waals surface area (Å²) in [5, 5.41) is 12.5. The van der Waals surface area contributed by atoms with Crippen molar-refractivity contribution in [3.63, 3.8) is 0 Å². The number of nitrogens with zero attached hydrogens (tertiary/aromatic N) is 2. The molecule has 0 amide bonds. The standard InChI is InChI=1S/C26H24BrCl3N2O2/c27-21-6-1-18(2-7-21)25(33)14-31-11-12-32(17-31)15-26(19-3-8-22(28)9-4-19)34-16-20-5-10-23(29)13-24(20)30/h1-13,25-26,33H,14-17H2. The van der Waals surface area contributed by atoms with Crippen LogP contribution >= 0.6 is 50.7 Å². The summed E-state index contributed by atoms with van der Waals surface area (Å²) < 4.78 is 7.30. The zero-order chi connectivity index (χ0) is 24.1. The van der Waals surface area contributed by atoms with Gasteiger partial charge in [-0.3, -0.25) is 0 Å². The Morgan fingerprint density at radius 1 is 0.824 bits per heavy atom. The highest BCUT2D eigenvalue weighted by Gasteiger charge is 2.22. The summed E-state index contributed by atoms with van der Waals surface area (Å²) >= 11 is 21.9. The van der Waals surface area contributed by atoms with E-state index in [9.17, 15) is 5.11 Å². The van der Waals surface area contributed by atoms with Gasteiger partial charge in [-0.05, 0) is 53.1 Å². The van der Waals surface area contributed by atoms with Crippen LogP contribution in [0.4, 0.5) is 0 Å². The van der Waals surface area contributed by atoms with Gasteiger partial charge in [0.1, 0.15) is 6.10 Å². The van der Waals surface area contributed by atoms with Crippen LogP contribution in [0.15, 0.2) is 83.6 Å². The highest BCUT2D eigenvalue weighted by molar-refractivity contribution is 9.10. The molecule has 1 heterocycles. The molecule has 34 heavy (non-hydrogen) atoms. The number of halogens is 4. The maximum absolute atomic E-state index is 10.6. The quantitative estimate of drug-likeness (QED) is 0.284. The second-order valence-electron chi connectivity index (χ2n) is 8.14. The van der Waals surface area contributed by atoms with Crippen LogP contribution in [-0.2, 0) is 11.3 Å². The lowest BCUT2D eigenvalue weighted by Gasteiger charge is -2.27. The molecular weight excluding hydrogens is 559 g/mol. The minimum atomic E-state index is -0.576. The summed E-state index contributed by atoms with van der Waals surface area (Å²) in [5.41, 5.74) is 2.79. The zero-order valence-corrected chi connectivity index (χ0v) is 22.1. The molecule has 4 nitrogen and oxygen atoms in total. The summed E-state index contributed by atoms with van der Waals surface area (Å²) in [6, 6.07) is 20.8. The van der Waals surface area contributed by atoms with Crippen LogP contribution in [0, 0.1) is 0 Å². The summed E-state index contributed by atoms with van der Waals surface area (Å²) in [5.74, 6) is 0. The Balaban J connectivity index is 1.39. The van der Waals surface area contributed by atoms with E-state index in [1.165, 1.54) is 0 Å². The number of β-amino-alcohol motifs (C(OH)–C–C–N with tert-alkyl or cyclic N) is 1.